The van der Waals surface area contributed by atoms with Crippen LogP contribution in [0.1, 0.15) is 31.0 Å². The molecule has 0 heterocycles. The molecule has 0 aliphatic heterocycles. The van der Waals surface area contributed by atoms with Crippen molar-refractivity contribution >= 4 is 23.3 Å². The Morgan fingerprint density at radius 2 is 1.58 bits per heavy atom. The summed E-state index contributed by atoms with van der Waals surface area (Å²) in [7, 11) is -8.32. The number of aliphatic hydroxyl groups is 1. The Balaban J connectivity index is 2.52. The Morgan fingerprint density at radius 3 is 2.03 bits per heavy atom. The van der Waals surface area contributed by atoms with Crippen LogP contribution in [0.15, 0.2) is 53.4 Å². The minimum absolute atomic E-state index is 0.0496. The summed E-state index contributed by atoms with van der Waals surface area (Å²) in [4.78, 5) is 10.3. The first-order valence-electron chi connectivity index (χ1n) is 9.44. The molecule has 2 aromatic carbocycles. The summed E-state index contributed by atoms with van der Waals surface area (Å²) in [5, 5.41) is 21.8. The smallest absolute Gasteiger partial charge is 0.360 e. The van der Waals surface area contributed by atoms with E-state index in [1.807, 2.05) is 0 Å². The lowest BCUT2D eigenvalue weighted by Crippen LogP contribution is -2.37. The lowest BCUT2D eigenvalue weighted by Gasteiger charge is -2.29. The van der Waals surface area contributed by atoms with Crippen molar-refractivity contribution in [1.82, 2.24) is 4.72 Å². The fraction of sp³-hybridized carbons (Fsp3) is 0.368. The number of nitrogens with zero attached hydrogens (tertiary/aromatic N) is 1. The molecule has 0 aliphatic rings. The van der Waals surface area contributed by atoms with E-state index in [9.17, 15) is 28.2 Å². The zero-order chi connectivity index (χ0) is 23.2. The highest BCUT2D eigenvalue weighted by molar-refractivity contribution is 7.89. The Bertz CT molecular complexity index is 1030. The van der Waals surface area contributed by atoms with Gasteiger partial charge in [0.25, 0.3) is 5.69 Å². The minimum atomic E-state index is -4.16. The van der Waals surface area contributed by atoms with Crippen molar-refractivity contribution in [3.8, 4) is 0 Å². The Morgan fingerprint density at radius 1 is 1.06 bits per heavy atom. The summed E-state index contributed by atoms with van der Waals surface area (Å²) < 4.78 is 51.7. The van der Waals surface area contributed by atoms with Crippen LogP contribution in [-0.4, -0.2) is 37.5 Å². The lowest BCUT2D eigenvalue weighted by molar-refractivity contribution is -0.384. The molecule has 10 nitrogen and oxygen atoms in total. The molecular formula is C19H25N2O8PS. The molecule has 2 aromatic rings. The molecule has 0 radical (unpaired) electrons. The van der Waals surface area contributed by atoms with Gasteiger partial charge in [-0.05, 0) is 38.5 Å². The molecule has 170 valence electrons. The van der Waals surface area contributed by atoms with Gasteiger partial charge in [-0.25, -0.2) is 13.1 Å². The predicted octanol–water partition coefficient (Wildman–Crippen LogP) is 3.51. The summed E-state index contributed by atoms with van der Waals surface area (Å²) in [5.74, 6) is -1.91. The Kier molecular flexibility index (Phi) is 8.47. The van der Waals surface area contributed by atoms with E-state index < -0.39 is 34.4 Å². The van der Waals surface area contributed by atoms with Gasteiger partial charge in [0.2, 0.25) is 10.0 Å². The second-order valence-corrected chi connectivity index (χ2v) is 10.4. The van der Waals surface area contributed by atoms with E-state index in [1.54, 1.807) is 32.9 Å². The molecular weight excluding hydrogens is 447 g/mol. The van der Waals surface area contributed by atoms with E-state index in [4.69, 9.17) is 9.05 Å². The van der Waals surface area contributed by atoms with Crippen molar-refractivity contribution in [2.45, 2.75) is 37.6 Å². The minimum Gasteiger partial charge on any atom is -0.379 e. The first kappa shape index (κ1) is 25.1. The van der Waals surface area contributed by atoms with Crippen molar-refractivity contribution in [2.24, 2.45) is 0 Å². The lowest BCUT2D eigenvalue weighted by atomic mass is 10.1. The highest BCUT2D eigenvalue weighted by atomic mass is 32.2. The van der Waals surface area contributed by atoms with E-state index >= 15 is 0 Å². The van der Waals surface area contributed by atoms with Crippen molar-refractivity contribution in [3.05, 3.63) is 69.8 Å². The third-order valence-electron chi connectivity index (χ3n) is 4.32. The maximum Gasteiger partial charge on any atom is 0.360 e. The molecule has 0 unspecified atom stereocenters. The average Bonchev–Trinajstić information content (AvgIpc) is 2.72. The molecule has 0 fully saturated rings. The quantitative estimate of drug-likeness (QED) is 0.287. The van der Waals surface area contributed by atoms with Gasteiger partial charge in [-0.2, -0.15) is 0 Å². The number of hydrogen-bond acceptors (Lipinski definition) is 8. The van der Waals surface area contributed by atoms with E-state index in [-0.39, 0.29) is 29.4 Å². The molecule has 0 aromatic heterocycles. The maximum absolute atomic E-state index is 13.1. The number of nitro benzene ring substituents is 1. The van der Waals surface area contributed by atoms with Gasteiger partial charge in [-0.15, -0.1) is 0 Å². The second-order valence-electron chi connectivity index (χ2n) is 6.55. The molecule has 0 saturated heterocycles. The van der Waals surface area contributed by atoms with Crippen LogP contribution in [0.2, 0.25) is 0 Å². The summed E-state index contributed by atoms with van der Waals surface area (Å²) in [5.41, 5.74) is 0.771. The van der Waals surface area contributed by atoms with Crippen molar-refractivity contribution in [3.63, 3.8) is 0 Å². The Hall–Kier alpha value is -2.14. The third-order valence-corrected chi connectivity index (χ3v) is 7.96. The average molecular weight is 472 g/mol. The maximum atomic E-state index is 13.1. The van der Waals surface area contributed by atoms with Crippen molar-refractivity contribution in [2.75, 3.05) is 13.2 Å². The number of aryl methyl sites for hydroxylation is 1. The van der Waals surface area contributed by atoms with Crippen LogP contribution in [0.3, 0.4) is 0 Å². The zero-order valence-corrected chi connectivity index (χ0v) is 19.0. The number of rotatable bonds is 11. The van der Waals surface area contributed by atoms with E-state index in [2.05, 4.69) is 4.72 Å². The van der Waals surface area contributed by atoms with E-state index in [0.29, 0.717) is 0 Å². The van der Waals surface area contributed by atoms with Crippen LogP contribution in [0, 0.1) is 17.0 Å². The van der Waals surface area contributed by atoms with Crippen molar-refractivity contribution in [1.29, 1.82) is 0 Å². The van der Waals surface area contributed by atoms with Gasteiger partial charge in [0.15, 0.2) is 5.85 Å². The predicted molar refractivity (Wildman–Crippen MR) is 114 cm³/mol. The van der Waals surface area contributed by atoms with Crippen LogP contribution in [0.5, 0.6) is 0 Å². The number of nitrogens with one attached hydrogen (secondary N) is 1. The van der Waals surface area contributed by atoms with Gasteiger partial charge < -0.3 is 14.2 Å². The Labute approximate surface area is 180 Å². The molecule has 0 aliphatic carbocycles. The largest absolute Gasteiger partial charge is 0.379 e. The van der Waals surface area contributed by atoms with E-state index in [1.165, 1.54) is 24.3 Å². The SMILES string of the molecule is CCOP(=O)(OCC)[C@@H](O)[C@H](NS(=O)(=O)c1ccc(C)cc1)c1ccc([N+](=O)[O-])cc1. The van der Waals surface area contributed by atoms with Crippen LogP contribution < -0.4 is 4.72 Å². The summed E-state index contributed by atoms with van der Waals surface area (Å²) in [6.45, 7) is 4.80. The number of aliphatic hydroxyl groups excluding tert-OH is 1. The van der Waals surface area contributed by atoms with Crippen molar-refractivity contribution < 1.29 is 32.1 Å². The molecule has 0 spiro atoms. The van der Waals surface area contributed by atoms with Gasteiger partial charge >= 0.3 is 7.60 Å². The topological polar surface area (TPSA) is 145 Å². The molecule has 0 saturated carbocycles. The number of benzene rings is 2. The molecule has 2 atom stereocenters. The molecule has 0 amide bonds. The number of sulfonamides is 1. The van der Waals surface area contributed by atoms with E-state index in [0.717, 1.165) is 17.7 Å². The highest BCUT2D eigenvalue weighted by Gasteiger charge is 2.42. The number of non-ortho nitro benzene ring substituents is 1. The summed E-state index contributed by atoms with van der Waals surface area (Å²) >= 11 is 0. The first-order chi connectivity index (χ1) is 14.5. The van der Waals surface area contributed by atoms with Crippen LogP contribution >= 0.6 is 7.60 Å². The van der Waals surface area contributed by atoms with Crippen LogP contribution in [0.4, 0.5) is 5.69 Å². The normalized spacial score (nSPS) is 14.2. The monoisotopic (exact) mass is 472 g/mol. The third kappa shape index (κ3) is 6.19. The molecule has 12 heteroatoms. The summed E-state index contributed by atoms with van der Waals surface area (Å²) in [6, 6.07) is 9.38. The fourth-order valence-electron chi connectivity index (χ4n) is 2.79. The molecule has 2 N–H and O–H groups in total. The fourth-order valence-corrected chi connectivity index (χ4v) is 5.83. The van der Waals surface area contributed by atoms with Gasteiger partial charge in [-0.1, -0.05) is 29.8 Å². The van der Waals surface area contributed by atoms with Gasteiger partial charge in [0.05, 0.1) is 29.1 Å². The zero-order valence-electron chi connectivity index (χ0n) is 17.3. The molecule has 2 rings (SSSR count). The summed E-state index contributed by atoms with van der Waals surface area (Å²) in [6.07, 6.45) is 0. The number of nitro groups is 1. The van der Waals surface area contributed by atoms with Gasteiger partial charge in [0, 0.05) is 12.1 Å². The van der Waals surface area contributed by atoms with Crippen LogP contribution in [-0.2, 0) is 23.6 Å². The first-order valence-corrected chi connectivity index (χ1v) is 12.5. The number of hydrogen-bond donors (Lipinski definition) is 2. The van der Waals surface area contributed by atoms with Gasteiger partial charge in [0.1, 0.15) is 0 Å². The highest BCUT2D eigenvalue weighted by Crippen LogP contribution is 2.55. The molecule has 31 heavy (non-hydrogen) atoms. The second kappa shape index (κ2) is 10.4. The standard InChI is InChI=1S/C19H25N2O8PS/c1-4-28-30(25,29-5-2)19(22)18(15-8-10-16(11-9-15)21(23)24)20-31(26,27)17-12-6-14(3)7-13-17/h6-13,18-20,22H,4-5H2,1-3H3/t18-,19-/m1/s1. The van der Waals surface area contributed by atoms with Gasteiger partial charge in [-0.3, -0.25) is 14.7 Å². The molecule has 0 bridgehead atoms. The van der Waals surface area contributed by atoms with Crippen LogP contribution in [0.25, 0.3) is 0 Å².